The molecule has 0 saturated heterocycles. The summed E-state index contributed by atoms with van der Waals surface area (Å²) in [6.45, 7) is 7.03. The van der Waals surface area contributed by atoms with Crippen LogP contribution in [0.5, 0.6) is 0 Å². The van der Waals surface area contributed by atoms with E-state index in [1.165, 1.54) is 0 Å². The van der Waals surface area contributed by atoms with Gasteiger partial charge in [-0.3, -0.25) is 4.79 Å². The van der Waals surface area contributed by atoms with Crippen molar-refractivity contribution in [2.24, 2.45) is 0 Å². The highest BCUT2D eigenvalue weighted by molar-refractivity contribution is 6.25. The van der Waals surface area contributed by atoms with Crippen LogP contribution >= 0.6 is 0 Å². The van der Waals surface area contributed by atoms with Gasteiger partial charge in [0, 0.05) is 6.92 Å². The molecule has 0 amide bonds. The summed E-state index contributed by atoms with van der Waals surface area (Å²) in [5.41, 5.74) is 0. The molecule has 68 valence electrons. The average Bonchev–Trinajstić information content (AvgIpc) is 1.68. The van der Waals surface area contributed by atoms with Gasteiger partial charge in [0.2, 0.25) is 5.97 Å². The lowest BCUT2D eigenvalue weighted by atomic mass is 10.9. The quantitative estimate of drug-likeness (QED) is 0.411. The molecule has 0 unspecified atom stereocenters. The van der Waals surface area contributed by atoms with Crippen LogP contribution in [0.3, 0.4) is 0 Å². The first-order valence-electron chi connectivity index (χ1n) is 2.02. The van der Waals surface area contributed by atoms with Gasteiger partial charge in [-0.15, -0.1) is 13.2 Å². The SMILES string of the molecule is C=C.CC(=O)O[Si](=O)[O-].N.N. The van der Waals surface area contributed by atoms with Crippen LogP contribution in [0.15, 0.2) is 13.2 Å². The number of carbonyl (C=O) groups is 1. The van der Waals surface area contributed by atoms with Gasteiger partial charge >= 0.3 is 9.17 Å². The smallest absolute Gasteiger partial charge is 0.420 e. The molecule has 0 saturated carbocycles. The van der Waals surface area contributed by atoms with E-state index in [0.29, 0.717) is 0 Å². The van der Waals surface area contributed by atoms with Gasteiger partial charge in [-0.05, 0) is 0 Å². The molecule has 0 rings (SSSR count). The lowest BCUT2D eigenvalue weighted by Crippen LogP contribution is -2.25. The fourth-order valence-electron chi connectivity index (χ4n) is 0.117. The Kier molecular flexibility index (Phi) is 32.7. The minimum atomic E-state index is -3.28. The molecule has 6 nitrogen and oxygen atoms in total. The van der Waals surface area contributed by atoms with Crippen molar-refractivity contribution in [3.8, 4) is 0 Å². The van der Waals surface area contributed by atoms with Gasteiger partial charge in [0.1, 0.15) is 0 Å². The number of hydrogen-bond donors (Lipinski definition) is 2. The van der Waals surface area contributed by atoms with E-state index in [1.807, 2.05) is 0 Å². The van der Waals surface area contributed by atoms with Crippen molar-refractivity contribution in [1.29, 1.82) is 0 Å². The highest BCUT2D eigenvalue weighted by atomic mass is 28.3. The second-order valence-electron chi connectivity index (χ2n) is 0.844. The van der Waals surface area contributed by atoms with Crippen molar-refractivity contribution < 1.29 is 18.5 Å². The minimum Gasteiger partial charge on any atom is -0.528 e. The number of carbonyl (C=O) groups excluding carboxylic acids is 1. The summed E-state index contributed by atoms with van der Waals surface area (Å²) in [7, 11) is -3.28. The van der Waals surface area contributed by atoms with E-state index < -0.39 is 15.1 Å². The number of rotatable bonds is 1. The van der Waals surface area contributed by atoms with Crippen LogP contribution in [-0.4, -0.2) is 15.1 Å². The van der Waals surface area contributed by atoms with E-state index in [9.17, 15) is 14.1 Å². The average molecular weight is 181 g/mol. The Morgan fingerprint density at radius 1 is 1.45 bits per heavy atom. The highest BCUT2D eigenvalue weighted by Crippen LogP contribution is 1.66. The molecular formula is C4H13N2O4Si-. The van der Waals surface area contributed by atoms with Crippen molar-refractivity contribution in [2.75, 3.05) is 0 Å². The molecule has 0 aliphatic carbocycles. The molecule has 0 aromatic rings. The van der Waals surface area contributed by atoms with Gasteiger partial charge in [0.05, 0.1) is 0 Å². The van der Waals surface area contributed by atoms with Crippen LogP contribution in [0.4, 0.5) is 0 Å². The first-order valence-corrected chi connectivity index (χ1v) is 3.25. The fourth-order valence-corrected chi connectivity index (χ4v) is 0.352. The van der Waals surface area contributed by atoms with Gasteiger partial charge in [0.25, 0.3) is 0 Å². The predicted octanol–water partition coefficient (Wildman–Crippen LogP) is -0.549. The Morgan fingerprint density at radius 3 is 1.73 bits per heavy atom. The van der Waals surface area contributed by atoms with Crippen LogP contribution < -0.4 is 17.1 Å². The van der Waals surface area contributed by atoms with Crippen molar-refractivity contribution in [3.05, 3.63) is 13.2 Å². The summed E-state index contributed by atoms with van der Waals surface area (Å²) in [5, 5.41) is 0. The Labute approximate surface area is 66.9 Å². The van der Waals surface area contributed by atoms with E-state index in [1.54, 1.807) is 0 Å². The minimum absolute atomic E-state index is 0. The maximum atomic E-state index is 9.66. The topological polar surface area (TPSA) is 136 Å². The second-order valence-corrected chi connectivity index (χ2v) is 1.55. The van der Waals surface area contributed by atoms with Crippen molar-refractivity contribution in [3.63, 3.8) is 0 Å². The monoisotopic (exact) mass is 181 g/mol. The van der Waals surface area contributed by atoms with Gasteiger partial charge in [-0.25, -0.2) is 0 Å². The Balaban J connectivity index is -0.0000000564. The molecular weight excluding hydrogens is 168 g/mol. The molecule has 0 aromatic heterocycles. The molecule has 0 aromatic carbocycles. The zero-order valence-corrected chi connectivity index (χ0v) is 7.46. The summed E-state index contributed by atoms with van der Waals surface area (Å²) < 4.78 is 13.0. The Morgan fingerprint density at radius 2 is 1.73 bits per heavy atom. The first-order chi connectivity index (χ1) is 4.13. The van der Waals surface area contributed by atoms with E-state index in [-0.39, 0.29) is 12.3 Å². The first kappa shape index (κ1) is 22.5. The zero-order valence-electron chi connectivity index (χ0n) is 6.46. The van der Waals surface area contributed by atoms with Crippen LogP contribution in [0.2, 0.25) is 0 Å². The van der Waals surface area contributed by atoms with Crippen molar-refractivity contribution in [2.45, 2.75) is 6.92 Å². The molecule has 0 radical (unpaired) electrons. The lowest BCUT2D eigenvalue weighted by molar-refractivity contribution is -0.227. The van der Waals surface area contributed by atoms with E-state index in [2.05, 4.69) is 17.6 Å². The summed E-state index contributed by atoms with van der Waals surface area (Å²) in [6, 6.07) is 0. The van der Waals surface area contributed by atoms with E-state index >= 15 is 0 Å². The largest absolute Gasteiger partial charge is 0.528 e. The van der Waals surface area contributed by atoms with Crippen LogP contribution in [-0.2, 0) is 13.7 Å². The zero-order chi connectivity index (χ0) is 7.86. The maximum absolute atomic E-state index is 9.66. The molecule has 0 heterocycles. The van der Waals surface area contributed by atoms with Crippen LogP contribution in [0, 0.1) is 0 Å². The van der Waals surface area contributed by atoms with E-state index in [4.69, 9.17) is 0 Å². The molecule has 0 fully saturated rings. The summed E-state index contributed by atoms with van der Waals surface area (Å²) in [4.78, 5) is 19.1. The van der Waals surface area contributed by atoms with Gasteiger partial charge in [-0.2, -0.15) is 0 Å². The second kappa shape index (κ2) is 16.0. The molecule has 0 bridgehead atoms. The molecule has 6 N–H and O–H groups in total. The molecule has 0 aliphatic heterocycles. The predicted molar refractivity (Wildman–Crippen MR) is 39.5 cm³/mol. The normalized spacial score (nSPS) is 5.18. The third-order valence-electron chi connectivity index (χ3n) is 0.227. The van der Waals surface area contributed by atoms with Gasteiger partial charge in [-0.1, -0.05) is 0 Å². The maximum Gasteiger partial charge on any atom is 0.420 e. The molecule has 0 aliphatic rings. The Bertz CT molecular complexity index is 107. The van der Waals surface area contributed by atoms with Gasteiger partial charge in [0.15, 0.2) is 0 Å². The molecule has 0 atom stereocenters. The fraction of sp³-hybridized carbons (Fsp3) is 0.250. The van der Waals surface area contributed by atoms with Crippen molar-refractivity contribution >= 4 is 15.1 Å². The molecule has 0 spiro atoms. The highest BCUT2D eigenvalue weighted by Gasteiger charge is 1.87. The third kappa shape index (κ3) is 49.7. The summed E-state index contributed by atoms with van der Waals surface area (Å²) in [6.07, 6.45) is 0. The molecule has 11 heavy (non-hydrogen) atoms. The lowest BCUT2D eigenvalue weighted by Gasteiger charge is -1.97. The van der Waals surface area contributed by atoms with E-state index in [0.717, 1.165) is 6.92 Å². The number of hydrogen-bond acceptors (Lipinski definition) is 6. The van der Waals surface area contributed by atoms with Gasteiger partial charge < -0.3 is 26.0 Å². The standard InChI is InChI=1S/C2H3O4Si.C2H4.2H3N/c1-2(3)6-7(4)5;1-2;;/h1H3;1-2H2;2*1H3/q-1;;;. The van der Waals surface area contributed by atoms with Crippen molar-refractivity contribution in [1.82, 2.24) is 12.3 Å². The molecule has 7 heteroatoms. The van der Waals surface area contributed by atoms with Crippen LogP contribution in [0.25, 0.3) is 0 Å². The summed E-state index contributed by atoms with van der Waals surface area (Å²) >= 11 is 0. The van der Waals surface area contributed by atoms with Crippen LogP contribution in [0.1, 0.15) is 6.92 Å². The Hall–Kier alpha value is -1.05. The summed E-state index contributed by atoms with van der Waals surface area (Å²) in [5.74, 6) is -0.793. The third-order valence-corrected chi connectivity index (χ3v) is 0.681.